The molecular weight excluding hydrogens is 373 g/mol. The molecule has 0 aliphatic heterocycles. The zero-order chi connectivity index (χ0) is 20.7. The molecule has 0 unspecified atom stereocenters. The van der Waals surface area contributed by atoms with Crippen molar-refractivity contribution in [2.24, 2.45) is 0 Å². The van der Waals surface area contributed by atoms with E-state index in [9.17, 15) is 28.2 Å². The highest BCUT2D eigenvalue weighted by atomic mass is 19.4. The fourth-order valence-electron chi connectivity index (χ4n) is 2.20. The number of alkyl halides is 3. The van der Waals surface area contributed by atoms with Crippen LogP contribution in [0.25, 0.3) is 6.08 Å². The molecule has 0 radical (unpaired) electrons. The van der Waals surface area contributed by atoms with Crippen molar-refractivity contribution in [1.82, 2.24) is 5.32 Å². The van der Waals surface area contributed by atoms with E-state index in [1.54, 1.807) is 6.07 Å². The molecule has 1 amide bonds. The largest absolute Gasteiger partial charge is 0.504 e. The number of carbonyl (C=O) groups is 1. The van der Waals surface area contributed by atoms with Crippen LogP contribution in [-0.2, 0) is 17.5 Å². The summed E-state index contributed by atoms with van der Waals surface area (Å²) in [6.07, 6.45) is -0.360. The number of nitriles is 1. The van der Waals surface area contributed by atoms with Crippen LogP contribution in [0.1, 0.15) is 16.7 Å². The SMILES string of the molecule is N#C/C(=C\C=C\c1ccc(O)c(O)c1)C(=O)NCc1cccc(C(F)(F)F)c1. The molecule has 0 fully saturated rings. The topological polar surface area (TPSA) is 93.3 Å². The van der Waals surface area contributed by atoms with Crippen LogP contribution in [0.2, 0.25) is 0 Å². The van der Waals surface area contributed by atoms with Gasteiger partial charge in [0.1, 0.15) is 11.6 Å². The molecule has 0 atom stereocenters. The Bertz CT molecular complexity index is 973. The fourth-order valence-corrected chi connectivity index (χ4v) is 2.20. The van der Waals surface area contributed by atoms with Gasteiger partial charge >= 0.3 is 6.18 Å². The number of benzene rings is 2. The molecule has 0 aliphatic carbocycles. The number of halogens is 3. The summed E-state index contributed by atoms with van der Waals surface area (Å²) in [5.41, 5.74) is -0.301. The second-order valence-electron chi connectivity index (χ2n) is 5.68. The summed E-state index contributed by atoms with van der Waals surface area (Å²) < 4.78 is 38.1. The molecule has 8 heteroatoms. The monoisotopic (exact) mass is 388 g/mol. The summed E-state index contributed by atoms with van der Waals surface area (Å²) in [6, 6.07) is 10.3. The molecule has 2 aromatic rings. The molecular formula is C20H15F3N2O3. The van der Waals surface area contributed by atoms with Crippen molar-refractivity contribution in [2.45, 2.75) is 12.7 Å². The molecule has 0 spiro atoms. The molecule has 0 aromatic heterocycles. The number of phenols is 2. The van der Waals surface area contributed by atoms with Crippen LogP contribution in [0.3, 0.4) is 0 Å². The molecule has 0 aliphatic rings. The molecule has 0 heterocycles. The van der Waals surface area contributed by atoms with Gasteiger partial charge in [-0.3, -0.25) is 4.79 Å². The van der Waals surface area contributed by atoms with Crippen LogP contribution in [0, 0.1) is 11.3 Å². The molecule has 28 heavy (non-hydrogen) atoms. The summed E-state index contributed by atoms with van der Waals surface area (Å²) in [5, 5.41) is 30.1. The number of rotatable bonds is 5. The number of aromatic hydroxyl groups is 2. The van der Waals surface area contributed by atoms with Gasteiger partial charge in [-0.1, -0.05) is 30.4 Å². The first kappa shape index (κ1) is 20.6. The zero-order valence-corrected chi connectivity index (χ0v) is 14.4. The van der Waals surface area contributed by atoms with E-state index in [2.05, 4.69) is 5.32 Å². The van der Waals surface area contributed by atoms with Gasteiger partial charge in [0, 0.05) is 6.54 Å². The van der Waals surface area contributed by atoms with Crippen LogP contribution in [0.4, 0.5) is 13.2 Å². The predicted octanol–water partition coefficient (Wildman–Crippen LogP) is 3.90. The van der Waals surface area contributed by atoms with Gasteiger partial charge < -0.3 is 15.5 Å². The van der Waals surface area contributed by atoms with E-state index < -0.39 is 17.6 Å². The van der Waals surface area contributed by atoms with Crippen molar-refractivity contribution in [2.75, 3.05) is 0 Å². The Kier molecular flexibility index (Phi) is 6.45. The van der Waals surface area contributed by atoms with Crippen molar-refractivity contribution in [3.63, 3.8) is 0 Å². The van der Waals surface area contributed by atoms with Crippen LogP contribution < -0.4 is 5.32 Å². The molecule has 3 N–H and O–H groups in total. The minimum absolute atomic E-state index is 0.169. The van der Waals surface area contributed by atoms with Gasteiger partial charge in [-0.25, -0.2) is 0 Å². The van der Waals surface area contributed by atoms with Gasteiger partial charge in [0.2, 0.25) is 0 Å². The first-order valence-corrected chi connectivity index (χ1v) is 7.95. The number of nitrogens with zero attached hydrogens (tertiary/aromatic N) is 1. The maximum Gasteiger partial charge on any atom is 0.416 e. The van der Waals surface area contributed by atoms with Crippen molar-refractivity contribution in [3.8, 4) is 17.6 Å². The minimum Gasteiger partial charge on any atom is -0.504 e. The van der Waals surface area contributed by atoms with E-state index in [0.29, 0.717) is 5.56 Å². The highest BCUT2D eigenvalue weighted by Crippen LogP contribution is 2.29. The van der Waals surface area contributed by atoms with Crippen LogP contribution in [0.5, 0.6) is 11.5 Å². The van der Waals surface area contributed by atoms with Gasteiger partial charge in [0.05, 0.1) is 5.56 Å². The fraction of sp³-hybridized carbons (Fsp3) is 0.100. The second-order valence-corrected chi connectivity index (χ2v) is 5.68. The van der Waals surface area contributed by atoms with E-state index >= 15 is 0 Å². The third-order valence-electron chi connectivity index (χ3n) is 3.62. The molecule has 144 valence electrons. The van der Waals surface area contributed by atoms with Crippen molar-refractivity contribution < 1.29 is 28.2 Å². The van der Waals surface area contributed by atoms with Crippen molar-refractivity contribution >= 4 is 12.0 Å². The maximum absolute atomic E-state index is 12.7. The number of phenolic OH excluding ortho intramolecular Hbond substituents is 2. The normalized spacial score (nSPS) is 12.0. The summed E-state index contributed by atoms with van der Waals surface area (Å²) in [6.45, 7) is -0.169. The van der Waals surface area contributed by atoms with E-state index in [-0.39, 0.29) is 29.2 Å². The highest BCUT2D eigenvalue weighted by molar-refractivity contribution is 5.97. The Hall–Kier alpha value is -3.73. The molecule has 0 bridgehead atoms. The van der Waals surface area contributed by atoms with E-state index in [1.807, 2.05) is 0 Å². The number of amides is 1. The van der Waals surface area contributed by atoms with Crippen molar-refractivity contribution in [3.05, 3.63) is 76.9 Å². The van der Waals surface area contributed by atoms with Gasteiger partial charge in [-0.2, -0.15) is 18.4 Å². The van der Waals surface area contributed by atoms with Gasteiger partial charge in [0.15, 0.2) is 11.5 Å². The van der Waals surface area contributed by atoms with E-state index in [4.69, 9.17) is 5.26 Å². The number of carbonyl (C=O) groups excluding carboxylic acids is 1. The molecule has 2 rings (SSSR count). The van der Waals surface area contributed by atoms with Crippen molar-refractivity contribution in [1.29, 1.82) is 5.26 Å². The first-order chi connectivity index (χ1) is 13.2. The van der Waals surface area contributed by atoms with Crippen LogP contribution in [-0.4, -0.2) is 16.1 Å². The lowest BCUT2D eigenvalue weighted by molar-refractivity contribution is -0.137. The Morgan fingerprint density at radius 3 is 2.54 bits per heavy atom. The Morgan fingerprint density at radius 1 is 1.14 bits per heavy atom. The van der Waals surface area contributed by atoms with Crippen LogP contribution >= 0.6 is 0 Å². The van der Waals surface area contributed by atoms with Crippen LogP contribution in [0.15, 0.2) is 60.2 Å². The zero-order valence-electron chi connectivity index (χ0n) is 14.4. The maximum atomic E-state index is 12.7. The lowest BCUT2D eigenvalue weighted by Crippen LogP contribution is -2.24. The summed E-state index contributed by atoms with van der Waals surface area (Å²) in [5.74, 6) is -1.33. The Labute approximate surface area is 158 Å². The van der Waals surface area contributed by atoms with Gasteiger partial charge in [-0.05, 0) is 41.5 Å². The second kappa shape index (κ2) is 8.77. The van der Waals surface area contributed by atoms with Gasteiger partial charge in [-0.15, -0.1) is 0 Å². The van der Waals surface area contributed by atoms with E-state index in [1.165, 1.54) is 48.6 Å². The van der Waals surface area contributed by atoms with E-state index in [0.717, 1.165) is 12.1 Å². The standard InChI is InChI=1S/C20H15F3N2O3/c21-20(22,23)16-6-2-4-14(9-16)12-25-19(28)15(11-24)5-1-3-13-7-8-17(26)18(27)10-13/h1-10,26-27H,12H2,(H,25,28)/b3-1+,15-5+. The van der Waals surface area contributed by atoms with Gasteiger partial charge in [0.25, 0.3) is 5.91 Å². The first-order valence-electron chi connectivity index (χ1n) is 7.95. The Morgan fingerprint density at radius 2 is 1.89 bits per heavy atom. The molecule has 5 nitrogen and oxygen atoms in total. The smallest absolute Gasteiger partial charge is 0.416 e. The molecule has 0 saturated heterocycles. The average molecular weight is 388 g/mol. The lowest BCUT2D eigenvalue weighted by Gasteiger charge is -2.09. The lowest BCUT2D eigenvalue weighted by atomic mass is 10.1. The predicted molar refractivity (Wildman–Crippen MR) is 95.8 cm³/mol. The summed E-state index contributed by atoms with van der Waals surface area (Å²) in [4.78, 5) is 12.0. The third-order valence-corrected chi connectivity index (χ3v) is 3.62. The third kappa shape index (κ3) is 5.64. The quantitative estimate of drug-likeness (QED) is 0.313. The number of nitrogens with one attached hydrogen (secondary N) is 1. The Balaban J connectivity index is 2.03. The number of hydrogen-bond acceptors (Lipinski definition) is 4. The summed E-state index contributed by atoms with van der Waals surface area (Å²) in [7, 11) is 0. The average Bonchev–Trinajstić information content (AvgIpc) is 2.65. The summed E-state index contributed by atoms with van der Waals surface area (Å²) >= 11 is 0. The molecule has 2 aromatic carbocycles. The minimum atomic E-state index is -4.48. The molecule has 0 saturated carbocycles. The highest BCUT2D eigenvalue weighted by Gasteiger charge is 2.30. The number of hydrogen-bond donors (Lipinski definition) is 3. The number of allylic oxidation sites excluding steroid dienone is 2.